The number of rotatable bonds is 3. The molecule has 1 N–H and O–H groups in total. The van der Waals surface area contributed by atoms with Gasteiger partial charge in [-0.15, -0.1) is 0 Å². The van der Waals surface area contributed by atoms with Gasteiger partial charge in [-0.3, -0.25) is 0 Å². The molecule has 0 amide bonds. The van der Waals surface area contributed by atoms with Crippen LogP contribution in [0, 0.1) is 20.8 Å². The summed E-state index contributed by atoms with van der Waals surface area (Å²) in [4.78, 5) is 7.57. The van der Waals surface area contributed by atoms with Crippen molar-refractivity contribution in [2.24, 2.45) is 0 Å². The molecule has 0 saturated heterocycles. The second kappa shape index (κ2) is 5.31. The van der Waals surface area contributed by atoms with Gasteiger partial charge in [-0.05, 0) is 39.3 Å². The molecule has 102 valence electrons. The van der Waals surface area contributed by atoms with E-state index >= 15 is 0 Å². The van der Waals surface area contributed by atoms with Gasteiger partial charge in [0, 0.05) is 12.7 Å². The second-order valence-electron chi connectivity index (χ2n) is 4.97. The van der Waals surface area contributed by atoms with E-state index in [9.17, 15) is 5.11 Å². The van der Waals surface area contributed by atoms with Crippen LogP contribution in [0.4, 0.5) is 10.8 Å². The molecule has 1 aromatic heterocycles. The second-order valence-corrected chi connectivity index (χ2v) is 5.98. The molecule has 0 aliphatic heterocycles. The number of anilines is 2. The van der Waals surface area contributed by atoms with Gasteiger partial charge in [0.15, 0.2) is 5.13 Å². The zero-order valence-corrected chi connectivity index (χ0v) is 12.9. The van der Waals surface area contributed by atoms with Gasteiger partial charge >= 0.3 is 0 Å². The highest BCUT2D eigenvalue weighted by Crippen LogP contribution is 2.34. The molecule has 1 atom stereocenters. The summed E-state index contributed by atoms with van der Waals surface area (Å²) >= 11 is 1.55. The lowest BCUT2D eigenvalue weighted by atomic mass is 10.1. The number of thiazole rings is 1. The molecular formula is C15H20N2OS. The van der Waals surface area contributed by atoms with Crippen molar-refractivity contribution in [1.29, 1.82) is 0 Å². The number of aryl methyl sites for hydroxylation is 3. The highest BCUT2D eigenvalue weighted by atomic mass is 32.1. The Hall–Kier alpha value is -1.39. The molecule has 1 heterocycles. The molecule has 2 rings (SSSR count). The summed E-state index contributed by atoms with van der Waals surface area (Å²) in [5, 5.41) is 10.6. The first kappa shape index (κ1) is 14.0. The summed E-state index contributed by atoms with van der Waals surface area (Å²) < 4.78 is 0. The maximum absolute atomic E-state index is 9.71. The molecule has 0 spiro atoms. The molecule has 1 unspecified atom stereocenters. The normalized spacial score (nSPS) is 12.5. The third-order valence-corrected chi connectivity index (χ3v) is 4.61. The van der Waals surface area contributed by atoms with Crippen LogP contribution in [0.1, 0.15) is 34.7 Å². The first-order valence-electron chi connectivity index (χ1n) is 6.36. The number of nitrogens with zero attached hydrogens (tertiary/aromatic N) is 2. The van der Waals surface area contributed by atoms with Crippen molar-refractivity contribution in [3.8, 4) is 0 Å². The monoisotopic (exact) mass is 276 g/mol. The summed E-state index contributed by atoms with van der Waals surface area (Å²) in [6, 6.07) is 6.39. The smallest absolute Gasteiger partial charge is 0.190 e. The molecule has 0 bridgehead atoms. The van der Waals surface area contributed by atoms with E-state index in [2.05, 4.69) is 41.9 Å². The standard InChI is InChI=1S/C15H20N2OS/c1-9-6-7-13(10(2)8-9)17(5)15-16-11(3)14(19-15)12(4)18/h6-8,12,18H,1-5H3. The Labute approximate surface area is 118 Å². The van der Waals surface area contributed by atoms with Crippen LogP contribution in [-0.2, 0) is 0 Å². The van der Waals surface area contributed by atoms with E-state index in [4.69, 9.17) is 0 Å². The summed E-state index contributed by atoms with van der Waals surface area (Å²) in [6.45, 7) is 7.92. The van der Waals surface area contributed by atoms with Crippen LogP contribution >= 0.6 is 11.3 Å². The highest BCUT2D eigenvalue weighted by molar-refractivity contribution is 7.15. The van der Waals surface area contributed by atoms with E-state index in [0.717, 1.165) is 21.4 Å². The lowest BCUT2D eigenvalue weighted by Crippen LogP contribution is -2.10. The molecule has 0 aliphatic rings. The van der Waals surface area contributed by atoms with Gasteiger partial charge in [-0.1, -0.05) is 29.0 Å². The Kier molecular flexibility index (Phi) is 3.92. The molecule has 2 aromatic rings. The molecule has 19 heavy (non-hydrogen) atoms. The Morgan fingerprint density at radius 1 is 1.26 bits per heavy atom. The topological polar surface area (TPSA) is 36.4 Å². The fourth-order valence-corrected chi connectivity index (χ4v) is 3.19. The number of hydrogen-bond donors (Lipinski definition) is 1. The minimum atomic E-state index is -0.459. The maximum atomic E-state index is 9.71. The van der Waals surface area contributed by atoms with Crippen molar-refractivity contribution >= 4 is 22.2 Å². The van der Waals surface area contributed by atoms with Gasteiger partial charge in [-0.2, -0.15) is 0 Å². The predicted octanol–water partition coefficient (Wildman–Crippen LogP) is 3.89. The van der Waals surface area contributed by atoms with Crippen molar-refractivity contribution in [3.63, 3.8) is 0 Å². The molecule has 0 aliphatic carbocycles. The molecule has 0 saturated carbocycles. The Bertz CT molecular complexity index is 590. The summed E-state index contributed by atoms with van der Waals surface area (Å²) in [7, 11) is 2.02. The van der Waals surface area contributed by atoms with Crippen LogP contribution in [0.15, 0.2) is 18.2 Å². The number of aromatic nitrogens is 1. The third kappa shape index (κ3) is 2.80. The van der Waals surface area contributed by atoms with E-state index in [1.165, 1.54) is 11.1 Å². The Morgan fingerprint density at radius 3 is 2.47 bits per heavy atom. The number of benzene rings is 1. The molecule has 1 aromatic carbocycles. The van der Waals surface area contributed by atoms with E-state index in [1.54, 1.807) is 18.3 Å². The molecular weight excluding hydrogens is 256 g/mol. The predicted molar refractivity (Wildman–Crippen MR) is 81.5 cm³/mol. The Morgan fingerprint density at radius 2 is 1.95 bits per heavy atom. The van der Waals surface area contributed by atoms with Crippen molar-refractivity contribution in [1.82, 2.24) is 4.98 Å². The maximum Gasteiger partial charge on any atom is 0.190 e. The van der Waals surface area contributed by atoms with Gasteiger partial charge in [0.05, 0.1) is 16.7 Å². The van der Waals surface area contributed by atoms with E-state index in [-0.39, 0.29) is 0 Å². The average molecular weight is 276 g/mol. The van der Waals surface area contributed by atoms with E-state index in [1.807, 2.05) is 14.0 Å². The zero-order valence-electron chi connectivity index (χ0n) is 12.1. The van der Waals surface area contributed by atoms with Crippen molar-refractivity contribution in [2.75, 3.05) is 11.9 Å². The highest BCUT2D eigenvalue weighted by Gasteiger charge is 2.16. The fraction of sp³-hybridized carbons (Fsp3) is 0.400. The lowest BCUT2D eigenvalue weighted by Gasteiger charge is -2.18. The summed E-state index contributed by atoms with van der Waals surface area (Å²) in [5.74, 6) is 0. The van der Waals surface area contributed by atoms with Crippen LogP contribution in [0.25, 0.3) is 0 Å². The first-order valence-corrected chi connectivity index (χ1v) is 7.18. The minimum absolute atomic E-state index is 0.459. The third-order valence-electron chi connectivity index (χ3n) is 3.20. The van der Waals surface area contributed by atoms with Crippen LogP contribution in [0.3, 0.4) is 0 Å². The summed E-state index contributed by atoms with van der Waals surface area (Å²) in [5.41, 5.74) is 4.55. The molecule has 3 nitrogen and oxygen atoms in total. The van der Waals surface area contributed by atoms with E-state index in [0.29, 0.717) is 0 Å². The van der Waals surface area contributed by atoms with Crippen molar-refractivity contribution in [3.05, 3.63) is 39.9 Å². The van der Waals surface area contributed by atoms with Gasteiger partial charge in [0.1, 0.15) is 0 Å². The van der Waals surface area contributed by atoms with Gasteiger partial charge in [0.2, 0.25) is 0 Å². The number of hydrogen-bond acceptors (Lipinski definition) is 4. The van der Waals surface area contributed by atoms with Crippen LogP contribution < -0.4 is 4.90 Å². The van der Waals surface area contributed by atoms with E-state index < -0.39 is 6.10 Å². The SMILES string of the molecule is Cc1ccc(N(C)c2nc(C)c(C(C)O)s2)c(C)c1. The van der Waals surface area contributed by atoms with Crippen LogP contribution in [-0.4, -0.2) is 17.1 Å². The number of aliphatic hydroxyl groups excluding tert-OH is 1. The van der Waals surface area contributed by atoms with Crippen LogP contribution in [0.5, 0.6) is 0 Å². The molecule has 0 fully saturated rings. The largest absolute Gasteiger partial charge is 0.388 e. The Balaban J connectivity index is 2.38. The van der Waals surface area contributed by atoms with Crippen LogP contribution in [0.2, 0.25) is 0 Å². The lowest BCUT2D eigenvalue weighted by molar-refractivity contribution is 0.202. The molecule has 4 heteroatoms. The molecule has 0 radical (unpaired) electrons. The van der Waals surface area contributed by atoms with Gasteiger partial charge in [0.25, 0.3) is 0 Å². The first-order chi connectivity index (χ1) is 8.90. The minimum Gasteiger partial charge on any atom is -0.388 e. The zero-order chi connectivity index (χ0) is 14.2. The van der Waals surface area contributed by atoms with Gasteiger partial charge < -0.3 is 10.0 Å². The summed E-state index contributed by atoms with van der Waals surface area (Å²) in [6.07, 6.45) is -0.459. The van der Waals surface area contributed by atoms with Crippen molar-refractivity contribution < 1.29 is 5.11 Å². The van der Waals surface area contributed by atoms with Gasteiger partial charge in [-0.25, -0.2) is 4.98 Å². The average Bonchev–Trinajstić information content (AvgIpc) is 2.70. The van der Waals surface area contributed by atoms with Crippen molar-refractivity contribution in [2.45, 2.75) is 33.8 Å². The fourth-order valence-electron chi connectivity index (χ4n) is 2.21. The quantitative estimate of drug-likeness (QED) is 0.924. The number of aliphatic hydroxyl groups is 1.